The summed E-state index contributed by atoms with van der Waals surface area (Å²) in [7, 11) is 1.83. The Morgan fingerprint density at radius 1 is 1.50 bits per heavy atom. The van der Waals surface area contributed by atoms with Crippen LogP contribution in [0.5, 0.6) is 0 Å². The van der Waals surface area contributed by atoms with E-state index < -0.39 is 0 Å². The SMILES string of the molecule is Cn1cc(-c2ncc(N)o2)cn1. The van der Waals surface area contributed by atoms with Crippen molar-refractivity contribution in [2.24, 2.45) is 7.05 Å². The summed E-state index contributed by atoms with van der Waals surface area (Å²) >= 11 is 0. The van der Waals surface area contributed by atoms with E-state index in [1.54, 1.807) is 10.9 Å². The molecular weight excluding hydrogens is 156 g/mol. The number of anilines is 1. The summed E-state index contributed by atoms with van der Waals surface area (Å²) in [6.45, 7) is 0. The fourth-order valence-corrected chi connectivity index (χ4v) is 0.952. The van der Waals surface area contributed by atoms with Gasteiger partial charge in [0.1, 0.15) is 0 Å². The molecule has 0 radical (unpaired) electrons. The van der Waals surface area contributed by atoms with E-state index in [0.29, 0.717) is 11.8 Å². The van der Waals surface area contributed by atoms with Crippen molar-refractivity contribution in [3.8, 4) is 11.5 Å². The summed E-state index contributed by atoms with van der Waals surface area (Å²) in [5.41, 5.74) is 6.19. The number of rotatable bonds is 1. The molecule has 0 aliphatic heterocycles. The third-order valence-electron chi connectivity index (χ3n) is 1.48. The average molecular weight is 164 g/mol. The lowest BCUT2D eigenvalue weighted by atomic mass is 10.4. The lowest BCUT2D eigenvalue weighted by molar-refractivity contribution is 0.594. The van der Waals surface area contributed by atoms with E-state index in [1.165, 1.54) is 6.20 Å². The van der Waals surface area contributed by atoms with Gasteiger partial charge in [0.05, 0.1) is 18.0 Å². The van der Waals surface area contributed by atoms with Gasteiger partial charge in [0.25, 0.3) is 0 Å². The van der Waals surface area contributed by atoms with Crippen LogP contribution >= 0.6 is 0 Å². The molecule has 5 nitrogen and oxygen atoms in total. The second-order valence-electron chi connectivity index (χ2n) is 2.47. The van der Waals surface area contributed by atoms with E-state index in [2.05, 4.69) is 10.1 Å². The Bertz CT molecular complexity index is 351. The number of nitrogen functional groups attached to an aromatic ring is 1. The van der Waals surface area contributed by atoms with Crippen LogP contribution < -0.4 is 5.73 Å². The van der Waals surface area contributed by atoms with Crippen LogP contribution in [0, 0.1) is 0 Å². The van der Waals surface area contributed by atoms with Gasteiger partial charge in [-0.3, -0.25) is 4.68 Å². The van der Waals surface area contributed by atoms with Crippen LogP contribution in [0.2, 0.25) is 0 Å². The van der Waals surface area contributed by atoms with Crippen molar-refractivity contribution in [2.45, 2.75) is 0 Å². The van der Waals surface area contributed by atoms with Gasteiger partial charge in [-0.2, -0.15) is 5.10 Å². The van der Waals surface area contributed by atoms with Crippen molar-refractivity contribution in [2.75, 3.05) is 5.73 Å². The van der Waals surface area contributed by atoms with Crippen molar-refractivity contribution in [3.63, 3.8) is 0 Å². The molecule has 0 saturated carbocycles. The first kappa shape index (κ1) is 6.90. The molecule has 0 aromatic carbocycles. The molecule has 0 spiro atoms. The second-order valence-corrected chi connectivity index (χ2v) is 2.47. The summed E-state index contributed by atoms with van der Waals surface area (Å²) in [4.78, 5) is 3.95. The van der Waals surface area contributed by atoms with E-state index in [9.17, 15) is 0 Å². The largest absolute Gasteiger partial charge is 0.421 e. The maximum Gasteiger partial charge on any atom is 0.231 e. The van der Waals surface area contributed by atoms with Crippen LogP contribution in [0.4, 0.5) is 5.88 Å². The minimum absolute atomic E-state index is 0.314. The molecule has 2 aromatic rings. The molecule has 0 fully saturated rings. The Kier molecular flexibility index (Phi) is 1.36. The Balaban J connectivity index is 2.43. The van der Waals surface area contributed by atoms with E-state index in [0.717, 1.165) is 5.56 Å². The maximum absolute atomic E-state index is 5.37. The fraction of sp³-hybridized carbons (Fsp3) is 0.143. The van der Waals surface area contributed by atoms with Crippen molar-refractivity contribution in [1.29, 1.82) is 0 Å². The Morgan fingerprint density at radius 2 is 2.33 bits per heavy atom. The smallest absolute Gasteiger partial charge is 0.231 e. The summed E-state index contributed by atoms with van der Waals surface area (Å²) in [6.07, 6.45) is 4.96. The minimum Gasteiger partial charge on any atom is -0.421 e. The molecule has 62 valence electrons. The van der Waals surface area contributed by atoms with Crippen LogP contribution in [-0.4, -0.2) is 14.8 Å². The summed E-state index contributed by atoms with van der Waals surface area (Å²) in [6, 6.07) is 0. The fourth-order valence-electron chi connectivity index (χ4n) is 0.952. The highest BCUT2D eigenvalue weighted by molar-refractivity contribution is 5.51. The standard InChI is InChI=1S/C7H8N4O/c1-11-4-5(2-10-11)7-9-3-6(8)12-7/h2-4H,8H2,1H3. The Labute approximate surface area is 68.8 Å². The molecule has 2 rings (SSSR count). The molecule has 0 atom stereocenters. The number of aryl methyl sites for hydroxylation is 1. The number of hydrogen-bond acceptors (Lipinski definition) is 4. The highest BCUT2D eigenvalue weighted by Crippen LogP contribution is 2.18. The van der Waals surface area contributed by atoms with E-state index in [-0.39, 0.29) is 0 Å². The van der Waals surface area contributed by atoms with Crippen LogP contribution in [0.3, 0.4) is 0 Å². The minimum atomic E-state index is 0.314. The predicted octanol–water partition coefficient (Wildman–Crippen LogP) is 0.657. The molecule has 5 heteroatoms. The molecule has 0 aliphatic carbocycles. The number of nitrogens with zero attached hydrogens (tertiary/aromatic N) is 3. The van der Waals surface area contributed by atoms with E-state index >= 15 is 0 Å². The van der Waals surface area contributed by atoms with Gasteiger partial charge in [-0.15, -0.1) is 0 Å². The molecule has 2 heterocycles. The quantitative estimate of drug-likeness (QED) is 0.672. The first-order valence-corrected chi connectivity index (χ1v) is 3.46. The van der Waals surface area contributed by atoms with E-state index in [1.807, 2.05) is 13.2 Å². The Hall–Kier alpha value is -1.78. The summed E-state index contributed by atoms with van der Waals surface area (Å²) < 4.78 is 6.77. The van der Waals surface area contributed by atoms with Gasteiger partial charge < -0.3 is 10.2 Å². The average Bonchev–Trinajstić information content (AvgIpc) is 2.58. The van der Waals surface area contributed by atoms with Crippen LogP contribution in [0.15, 0.2) is 23.0 Å². The topological polar surface area (TPSA) is 69.9 Å². The summed E-state index contributed by atoms with van der Waals surface area (Å²) in [5.74, 6) is 0.814. The van der Waals surface area contributed by atoms with Gasteiger partial charge in [-0.25, -0.2) is 4.98 Å². The van der Waals surface area contributed by atoms with Crippen molar-refractivity contribution >= 4 is 5.88 Å². The molecule has 0 unspecified atom stereocenters. The molecule has 0 bridgehead atoms. The van der Waals surface area contributed by atoms with Gasteiger partial charge in [0.2, 0.25) is 11.8 Å². The van der Waals surface area contributed by atoms with Gasteiger partial charge in [0, 0.05) is 13.2 Å². The van der Waals surface area contributed by atoms with Crippen LogP contribution in [0.1, 0.15) is 0 Å². The number of nitrogens with two attached hydrogens (primary N) is 1. The summed E-state index contributed by atoms with van der Waals surface area (Å²) in [5, 5.41) is 3.98. The van der Waals surface area contributed by atoms with Crippen molar-refractivity contribution in [1.82, 2.24) is 14.8 Å². The molecule has 2 aromatic heterocycles. The van der Waals surface area contributed by atoms with Gasteiger partial charge >= 0.3 is 0 Å². The van der Waals surface area contributed by atoms with Crippen LogP contribution in [-0.2, 0) is 7.05 Å². The highest BCUT2D eigenvalue weighted by atomic mass is 16.4. The molecule has 0 saturated heterocycles. The van der Waals surface area contributed by atoms with Gasteiger partial charge in [0.15, 0.2) is 0 Å². The third kappa shape index (κ3) is 1.05. The zero-order chi connectivity index (χ0) is 8.55. The first-order chi connectivity index (χ1) is 5.75. The van der Waals surface area contributed by atoms with Crippen LogP contribution in [0.25, 0.3) is 11.5 Å². The number of aromatic nitrogens is 3. The Morgan fingerprint density at radius 3 is 2.83 bits per heavy atom. The van der Waals surface area contributed by atoms with Crippen molar-refractivity contribution in [3.05, 3.63) is 18.6 Å². The van der Waals surface area contributed by atoms with Crippen molar-refractivity contribution < 1.29 is 4.42 Å². The lowest BCUT2D eigenvalue weighted by Gasteiger charge is -1.85. The molecule has 0 amide bonds. The third-order valence-corrected chi connectivity index (χ3v) is 1.48. The van der Waals surface area contributed by atoms with E-state index in [4.69, 9.17) is 10.2 Å². The number of hydrogen-bond donors (Lipinski definition) is 1. The zero-order valence-corrected chi connectivity index (χ0v) is 6.56. The maximum atomic E-state index is 5.37. The first-order valence-electron chi connectivity index (χ1n) is 3.46. The zero-order valence-electron chi connectivity index (χ0n) is 6.56. The molecule has 0 aliphatic rings. The van der Waals surface area contributed by atoms with Gasteiger partial charge in [-0.1, -0.05) is 0 Å². The second kappa shape index (κ2) is 2.37. The normalized spacial score (nSPS) is 10.4. The highest BCUT2D eigenvalue weighted by Gasteiger charge is 2.05. The van der Waals surface area contributed by atoms with Gasteiger partial charge in [-0.05, 0) is 0 Å². The number of oxazole rings is 1. The molecular formula is C7H8N4O. The molecule has 2 N–H and O–H groups in total. The monoisotopic (exact) mass is 164 g/mol. The predicted molar refractivity (Wildman–Crippen MR) is 43.1 cm³/mol. The lowest BCUT2D eigenvalue weighted by Crippen LogP contribution is -1.84. The molecule has 12 heavy (non-hydrogen) atoms.